The number of benzene rings is 1. The summed E-state index contributed by atoms with van der Waals surface area (Å²) in [7, 11) is 1.52. The number of amides is 1. The molecule has 4 nitrogen and oxygen atoms in total. The Kier molecular flexibility index (Phi) is 5.26. The van der Waals surface area contributed by atoms with Gasteiger partial charge in [0.05, 0.1) is 0 Å². The minimum Gasteiger partial charge on any atom is -0.354 e. The topological polar surface area (TPSA) is 57.8 Å². The fourth-order valence-electron chi connectivity index (χ4n) is 2.54. The van der Waals surface area contributed by atoms with Crippen molar-refractivity contribution in [3.8, 4) is 11.8 Å². The number of halogens is 1. The second-order valence-corrected chi connectivity index (χ2v) is 6.51. The van der Waals surface area contributed by atoms with Gasteiger partial charge in [-0.2, -0.15) is 5.26 Å². The number of rotatable bonds is 3. The third kappa shape index (κ3) is 3.48. The molecule has 0 aliphatic carbocycles. The summed E-state index contributed by atoms with van der Waals surface area (Å²) in [6, 6.07) is 10.2. The van der Waals surface area contributed by atoms with E-state index in [0.29, 0.717) is 0 Å². The van der Waals surface area contributed by atoms with Crippen molar-refractivity contribution in [1.29, 1.82) is 5.26 Å². The number of nitrogens with zero attached hydrogens (tertiary/aromatic N) is 2. The number of nitrogens with one attached hydrogen (secondary N) is 1. The average Bonchev–Trinajstić information content (AvgIpc) is 2.81. The van der Waals surface area contributed by atoms with Crippen LogP contribution in [-0.4, -0.2) is 17.5 Å². The van der Waals surface area contributed by atoms with Crippen LogP contribution in [0.3, 0.4) is 0 Å². The molecule has 0 bridgehead atoms. The molecule has 0 fully saturated rings. The molecule has 2 rings (SSSR count). The molecule has 23 heavy (non-hydrogen) atoms. The van der Waals surface area contributed by atoms with Crippen molar-refractivity contribution in [3.63, 3.8) is 0 Å². The first-order chi connectivity index (χ1) is 10.9. The van der Waals surface area contributed by atoms with Gasteiger partial charge in [0.2, 0.25) is 0 Å². The van der Waals surface area contributed by atoms with Crippen LogP contribution in [0.4, 0.5) is 0 Å². The van der Waals surface area contributed by atoms with E-state index in [9.17, 15) is 4.79 Å². The Labute approximate surface area is 150 Å². The second-order valence-electron chi connectivity index (χ2n) is 5.34. The molecule has 0 aliphatic heterocycles. The molecule has 1 amide bonds. The van der Waals surface area contributed by atoms with E-state index in [4.69, 9.17) is 5.26 Å². The molecule has 0 radical (unpaired) electrons. The SMILES string of the molecule is CNC(=O)/C(C#N)=C\c1cc(C)n(-c2ccc(I)c(C)c2)c1C. The smallest absolute Gasteiger partial charge is 0.261 e. The molecule has 1 N–H and O–H groups in total. The highest BCUT2D eigenvalue weighted by Crippen LogP contribution is 2.24. The van der Waals surface area contributed by atoms with Crippen molar-refractivity contribution in [3.05, 3.63) is 55.9 Å². The zero-order valence-electron chi connectivity index (χ0n) is 13.6. The fourth-order valence-corrected chi connectivity index (χ4v) is 2.87. The minimum atomic E-state index is -0.373. The third-order valence-corrected chi connectivity index (χ3v) is 4.97. The molecule has 0 saturated carbocycles. The number of hydrogen-bond acceptors (Lipinski definition) is 2. The monoisotopic (exact) mass is 419 g/mol. The number of aryl methyl sites for hydroxylation is 2. The summed E-state index contributed by atoms with van der Waals surface area (Å²) in [6.07, 6.45) is 1.64. The maximum Gasteiger partial charge on any atom is 0.261 e. The largest absolute Gasteiger partial charge is 0.354 e. The van der Waals surface area contributed by atoms with Gasteiger partial charge >= 0.3 is 0 Å². The van der Waals surface area contributed by atoms with Crippen molar-refractivity contribution in [2.24, 2.45) is 0 Å². The number of carbonyl (C=O) groups excluding carboxylic acids is 1. The van der Waals surface area contributed by atoms with E-state index in [-0.39, 0.29) is 11.5 Å². The normalized spacial score (nSPS) is 11.2. The molecule has 0 atom stereocenters. The standard InChI is InChI=1S/C18H18IN3O/c1-11-7-16(5-6-17(11)19)22-12(2)8-14(13(22)3)9-15(10-20)18(23)21-4/h5-9H,1-4H3,(H,21,23)/b15-9-. The second kappa shape index (κ2) is 7.01. The van der Waals surface area contributed by atoms with E-state index in [1.165, 1.54) is 16.2 Å². The average molecular weight is 419 g/mol. The predicted molar refractivity (Wildman–Crippen MR) is 100 cm³/mol. The van der Waals surface area contributed by atoms with Gasteiger partial charge in [-0.25, -0.2) is 0 Å². The van der Waals surface area contributed by atoms with Crippen LogP contribution < -0.4 is 5.32 Å². The van der Waals surface area contributed by atoms with E-state index in [1.807, 2.05) is 26.0 Å². The fraction of sp³-hybridized carbons (Fsp3) is 0.222. The van der Waals surface area contributed by atoms with Crippen LogP contribution in [-0.2, 0) is 4.79 Å². The molecule has 118 valence electrons. The lowest BCUT2D eigenvalue weighted by atomic mass is 10.1. The molecular weight excluding hydrogens is 401 g/mol. The Balaban J connectivity index is 2.56. The van der Waals surface area contributed by atoms with Crippen molar-refractivity contribution >= 4 is 34.6 Å². The number of hydrogen-bond donors (Lipinski definition) is 1. The highest BCUT2D eigenvalue weighted by atomic mass is 127. The minimum absolute atomic E-state index is 0.103. The summed E-state index contributed by atoms with van der Waals surface area (Å²) in [5.74, 6) is -0.373. The lowest BCUT2D eigenvalue weighted by Crippen LogP contribution is -2.19. The lowest BCUT2D eigenvalue weighted by Gasteiger charge is -2.11. The molecule has 1 aromatic carbocycles. The quantitative estimate of drug-likeness (QED) is 0.469. The van der Waals surface area contributed by atoms with Gasteiger partial charge in [0, 0.05) is 27.7 Å². The molecule has 0 aliphatic rings. The van der Waals surface area contributed by atoms with Crippen molar-refractivity contribution in [2.75, 3.05) is 7.05 Å². The van der Waals surface area contributed by atoms with Crippen molar-refractivity contribution < 1.29 is 4.79 Å². The zero-order valence-corrected chi connectivity index (χ0v) is 15.7. The van der Waals surface area contributed by atoms with Crippen LogP contribution in [0.1, 0.15) is 22.5 Å². The van der Waals surface area contributed by atoms with Gasteiger partial charge in [-0.3, -0.25) is 4.79 Å². The first kappa shape index (κ1) is 17.3. The molecule has 0 saturated heterocycles. The van der Waals surface area contributed by atoms with Gasteiger partial charge in [0.15, 0.2) is 0 Å². The molecule has 0 unspecified atom stereocenters. The Hall–Kier alpha value is -2.07. The van der Waals surface area contributed by atoms with Crippen LogP contribution in [0.25, 0.3) is 11.8 Å². The van der Waals surface area contributed by atoms with Crippen molar-refractivity contribution in [1.82, 2.24) is 9.88 Å². The van der Waals surface area contributed by atoms with Gasteiger partial charge in [-0.15, -0.1) is 0 Å². The number of likely N-dealkylation sites (N-methyl/N-ethyl adjacent to an activating group) is 1. The zero-order chi connectivity index (χ0) is 17.1. The first-order valence-corrected chi connectivity index (χ1v) is 8.26. The van der Waals surface area contributed by atoms with Crippen LogP contribution in [0.15, 0.2) is 29.8 Å². The summed E-state index contributed by atoms with van der Waals surface area (Å²) in [6.45, 7) is 6.09. The molecule has 0 spiro atoms. The van der Waals surface area contributed by atoms with Crippen LogP contribution >= 0.6 is 22.6 Å². The van der Waals surface area contributed by atoms with Crippen LogP contribution in [0.2, 0.25) is 0 Å². The molecule has 5 heteroatoms. The van der Waals surface area contributed by atoms with E-state index in [0.717, 1.165) is 22.6 Å². The van der Waals surface area contributed by atoms with Gasteiger partial charge in [-0.05, 0) is 84.8 Å². The third-order valence-electron chi connectivity index (χ3n) is 3.76. The van der Waals surface area contributed by atoms with Gasteiger partial charge in [0.25, 0.3) is 5.91 Å². The van der Waals surface area contributed by atoms with E-state index < -0.39 is 0 Å². The summed E-state index contributed by atoms with van der Waals surface area (Å²) in [4.78, 5) is 11.7. The Morgan fingerprint density at radius 2 is 2.00 bits per heavy atom. The summed E-state index contributed by atoms with van der Waals surface area (Å²) < 4.78 is 3.36. The summed E-state index contributed by atoms with van der Waals surface area (Å²) >= 11 is 2.32. The van der Waals surface area contributed by atoms with Gasteiger partial charge in [-0.1, -0.05) is 0 Å². The number of carbonyl (C=O) groups is 1. The highest BCUT2D eigenvalue weighted by Gasteiger charge is 2.13. The summed E-state index contributed by atoms with van der Waals surface area (Å²) in [5.41, 5.74) is 5.33. The van der Waals surface area contributed by atoms with E-state index >= 15 is 0 Å². The highest BCUT2D eigenvalue weighted by molar-refractivity contribution is 14.1. The van der Waals surface area contributed by atoms with Crippen molar-refractivity contribution in [2.45, 2.75) is 20.8 Å². The number of aromatic nitrogens is 1. The Bertz CT molecular complexity index is 841. The first-order valence-electron chi connectivity index (χ1n) is 7.18. The van der Waals surface area contributed by atoms with E-state index in [2.05, 4.69) is 57.6 Å². The van der Waals surface area contributed by atoms with Crippen LogP contribution in [0, 0.1) is 35.7 Å². The van der Waals surface area contributed by atoms with E-state index in [1.54, 1.807) is 6.08 Å². The Morgan fingerprint density at radius 1 is 1.30 bits per heavy atom. The molecular formula is C18H18IN3O. The molecule has 1 heterocycles. The maximum atomic E-state index is 11.7. The summed E-state index contributed by atoms with van der Waals surface area (Å²) in [5, 5.41) is 11.6. The lowest BCUT2D eigenvalue weighted by molar-refractivity contribution is -0.116. The number of nitriles is 1. The van der Waals surface area contributed by atoms with Gasteiger partial charge in [0.1, 0.15) is 11.6 Å². The molecule has 1 aromatic heterocycles. The van der Waals surface area contributed by atoms with Gasteiger partial charge < -0.3 is 9.88 Å². The maximum absolute atomic E-state index is 11.7. The molecule has 2 aromatic rings. The van der Waals surface area contributed by atoms with Crippen LogP contribution in [0.5, 0.6) is 0 Å². The Morgan fingerprint density at radius 3 is 2.57 bits per heavy atom. The predicted octanol–water partition coefficient (Wildman–Crippen LogP) is 3.66.